The molecule has 1 saturated heterocycles. The molecule has 0 aromatic heterocycles. The summed E-state index contributed by atoms with van der Waals surface area (Å²) in [7, 11) is -1.77. The highest BCUT2D eigenvalue weighted by atomic mass is 35.5. The van der Waals surface area contributed by atoms with Crippen LogP contribution in [0.1, 0.15) is 30.4 Å². The maximum absolute atomic E-state index is 14.6. The van der Waals surface area contributed by atoms with E-state index in [1.807, 2.05) is 0 Å². The van der Waals surface area contributed by atoms with Crippen LogP contribution in [0.5, 0.6) is 11.5 Å². The number of halogens is 2. The third kappa shape index (κ3) is 4.84. The summed E-state index contributed by atoms with van der Waals surface area (Å²) in [6.45, 7) is 0.243. The molecule has 1 fully saturated rings. The Labute approximate surface area is 253 Å². The van der Waals surface area contributed by atoms with Gasteiger partial charge < -0.3 is 25.2 Å². The maximum atomic E-state index is 14.6. The third-order valence-electron chi connectivity index (χ3n) is 7.76. The third-order valence-corrected chi connectivity index (χ3v) is 10.1. The Kier molecular flexibility index (Phi) is 8.06. The quantitative estimate of drug-likeness (QED) is 0.385. The number of carbonyl (C=O) groups is 2. The van der Waals surface area contributed by atoms with Gasteiger partial charge in [-0.15, -0.1) is 0 Å². The molecule has 0 saturated carbocycles. The van der Waals surface area contributed by atoms with E-state index < -0.39 is 39.5 Å². The van der Waals surface area contributed by atoms with Crippen molar-refractivity contribution >= 4 is 50.7 Å². The molecule has 3 N–H and O–H groups in total. The summed E-state index contributed by atoms with van der Waals surface area (Å²) in [6, 6.07) is 12.4. The molecule has 3 aromatic rings. The summed E-state index contributed by atoms with van der Waals surface area (Å²) < 4.78 is 40.6. The van der Waals surface area contributed by atoms with Crippen molar-refractivity contribution in [3.8, 4) is 11.5 Å². The Hall–Kier alpha value is -3.51. The predicted molar refractivity (Wildman–Crippen MR) is 157 cm³/mol. The van der Waals surface area contributed by atoms with Gasteiger partial charge in [0.05, 0.1) is 24.8 Å². The highest BCUT2D eigenvalue weighted by molar-refractivity contribution is 7.93. The molecule has 5 rings (SSSR count). The van der Waals surface area contributed by atoms with Crippen LogP contribution in [0.25, 0.3) is 0 Å². The predicted octanol–water partition coefficient (Wildman–Crippen LogP) is 3.69. The normalized spacial score (nSPS) is 21.7. The van der Waals surface area contributed by atoms with E-state index in [-0.39, 0.29) is 50.5 Å². The highest BCUT2D eigenvalue weighted by Crippen LogP contribution is 2.53. The van der Waals surface area contributed by atoms with Gasteiger partial charge >= 0.3 is 0 Å². The van der Waals surface area contributed by atoms with Crippen LogP contribution in [0.4, 0.5) is 5.69 Å². The number of aliphatic hydroxyl groups is 1. The first-order valence-electron chi connectivity index (χ1n) is 13.1. The van der Waals surface area contributed by atoms with Crippen LogP contribution < -0.4 is 19.5 Å². The number of methoxy groups -OCH3 is 2. The second-order valence-electron chi connectivity index (χ2n) is 10.1. The van der Waals surface area contributed by atoms with E-state index in [0.717, 1.165) is 4.31 Å². The molecule has 0 radical (unpaired) electrons. The van der Waals surface area contributed by atoms with E-state index in [1.54, 1.807) is 12.1 Å². The van der Waals surface area contributed by atoms with E-state index in [2.05, 4.69) is 0 Å². The second kappa shape index (κ2) is 11.3. The monoisotopic (exact) mass is 633 g/mol. The number of rotatable bonds is 8. The molecule has 13 heteroatoms. The smallest absolute Gasteiger partial charge is 0.265 e. The zero-order chi connectivity index (χ0) is 30.4. The van der Waals surface area contributed by atoms with Gasteiger partial charge in [0, 0.05) is 46.2 Å². The minimum Gasteiger partial charge on any atom is -0.493 e. The number of hydrogen-bond donors (Lipinski definition) is 2. The lowest BCUT2D eigenvalue weighted by molar-refractivity contribution is -0.138. The van der Waals surface area contributed by atoms with Crippen molar-refractivity contribution in [2.75, 3.05) is 25.1 Å². The first kappa shape index (κ1) is 30.0. The van der Waals surface area contributed by atoms with Gasteiger partial charge in [-0.1, -0.05) is 41.4 Å². The highest BCUT2D eigenvalue weighted by Gasteiger charge is 2.60. The molecule has 2 amide bonds. The van der Waals surface area contributed by atoms with Crippen molar-refractivity contribution in [1.82, 2.24) is 4.90 Å². The largest absolute Gasteiger partial charge is 0.493 e. The van der Waals surface area contributed by atoms with Gasteiger partial charge in [0.15, 0.2) is 17.5 Å². The number of amides is 2. The summed E-state index contributed by atoms with van der Waals surface area (Å²) in [5.41, 5.74) is 3.45. The summed E-state index contributed by atoms with van der Waals surface area (Å²) in [4.78, 5) is 27.6. The molecule has 2 aliphatic rings. The minimum absolute atomic E-state index is 0.0422. The van der Waals surface area contributed by atoms with Crippen LogP contribution in [0.15, 0.2) is 65.6 Å². The minimum atomic E-state index is -4.57. The number of nitrogens with zero attached hydrogens (tertiary/aromatic N) is 2. The van der Waals surface area contributed by atoms with Gasteiger partial charge in [0.1, 0.15) is 5.60 Å². The lowest BCUT2D eigenvalue weighted by atomic mass is 9.82. The number of likely N-dealkylation sites (tertiary alicyclic amines) is 1. The lowest BCUT2D eigenvalue weighted by Crippen LogP contribution is -2.58. The molecule has 3 atom stereocenters. The summed E-state index contributed by atoms with van der Waals surface area (Å²) in [5, 5.41) is 13.0. The average Bonchev–Trinajstić information content (AvgIpc) is 3.52. The van der Waals surface area contributed by atoms with Crippen molar-refractivity contribution in [1.29, 1.82) is 0 Å². The van der Waals surface area contributed by atoms with Gasteiger partial charge in [0.2, 0.25) is 5.91 Å². The molecule has 2 aliphatic heterocycles. The molecule has 222 valence electrons. The van der Waals surface area contributed by atoms with Gasteiger partial charge in [0.25, 0.3) is 15.9 Å². The molecular weight excluding hydrogens is 605 g/mol. The van der Waals surface area contributed by atoms with E-state index >= 15 is 0 Å². The number of benzene rings is 3. The second-order valence-corrected chi connectivity index (χ2v) is 12.8. The molecule has 0 aliphatic carbocycles. The van der Waals surface area contributed by atoms with Crippen LogP contribution in [-0.2, 0) is 25.2 Å². The fourth-order valence-corrected chi connectivity index (χ4v) is 8.00. The van der Waals surface area contributed by atoms with E-state index in [4.69, 9.17) is 38.4 Å². The average molecular weight is 635 g/mol. The molecule has 0 unspecified atom stereocenters. The number of fused-ring (bicyclic) bond motifs is 1. The van der Waals surface area contributed by atoms with Gasteiger partial charge in [-0.05, 0) is 49.2 Å². The van der Waals surface area contributed by atoms with E-state index in [9.17, 15) is 23.1 Å². The first-order valence-corrected chi connectivity index (χ1v) is 15.3. The van der Waals surface area contributed by atoms with Gasteiger partial charge in [-0.25, -0.2) is 12.7 Å². The molecule has 42 heavy (non-hydrogen) atoms. The number of anilines is 1. The topological polar surface area (TPSA) is 139 Å². The Morgan fingerprint density at radius 3 is 2.40 bits per heavy atom. The number of nitrogens with two attached hydrogens (primary N) is 1. The Morgan fingerprint density at radius 2 is 1.74 bits per heavy atom. The number of carbonyl (C=O) groups excluding carboxylic acids is 2. The van der Waals surface area contributed by atoms with Crippen molar-refractivity contribution in [2.24, 2.45) is 5.73 Å². The van der Waals surface area contributed by atoms with Crippen molar-refractivity contribution in [2.45, 2.75) is 41.8 Å². The molecular formula is C29H29Cl2N3O7S. The molecule has 2 heterocycles. The van der Waals surface area contributed by atoms with Crippen LogP contribution in [0.2, 0.25) is 10.0 Å². The summed E-state index contributed by atoms with van der Waals surface area (Å²) in [5.74, 6) is -0.856. The summed E-state index contributed by atoms with van der Waals surface area (Å²) in [6.07, 6.45) is 0.958. The van der Waals surface area contributed by atoms with Crippen LogP contribution >= 0.6 is 23.2 Å². The standard InChI is InChI=1S/C29H29Cl2N3O7S/c1-40-24-12-10-19(16-25(24)41-2)42(38,39)34-23-11-9-17(30)14-21(23)29(37,20-7-3-4-8-22(20)31)27(34)28(36)33-13-5-6-18(33)15-26(32)35/h3-4,7-12,14,16,18,27,37H,5-6,13,15H2,1-2H3,(H2,32,35)/t18-,27-,29+/m0/s1. The fraction of sp³-hybridized carbons (Fsp3) is 0.310. The Morgan fingerprint density at radius 1 is 1.02 bits per heavy atom. The molecule has 0 spiro atoms. The zero-order valence-electron chi connectivity index (χ0n) is 22.8. The molecule has 3 aromatic carbocycles. The number of primary amides is 1. The lowest BCUT2D eigenvalue weighted by Gasteiger charge is -2.38. The first-order chi connectivity index (χ1) is 19.9. The van der Waals surface area contributed by atoms with E-state index in [0.29, 0.717) is 18.6 Å². The Balaban J connectivity index is 1.78. The van der Waals surface area contributed by atoms with Crippen LogP contribution in [0, 0.1) is 0 Å². The van der Waals surface area contributed by atoms with Crippen molar-refractivity contribution in [3.63, 3.8) is 0 Å². The van der Waals surface area contributed by atoms with Gasteiger partial charge in [-0.3, -0.25) is 9.59 Å². The van der Waals surface area contributed by atoms with Crippen molar-refractivity contribution < 1.29 is 32.6 Å². The zero-order valence-corrected chi connectivity index (χ0v) is 25.1. The summed E-state index contributed by atoms with van der Waals surface area (Å²) >= 11 is 13.0. The Bertz CT molecular complexity index is 1670. The fourth-order valence-electron chi connectivity index (χ4n) is 5.89. The van der Waals surface area contributed by atoms with Crippen LogP contribution in [-0.4, -0.2) is 63.1 Å². The van der Waals surface area contributed by atoms with Crippen molar-refractivity contribution in [3.05, 3.63) is 81.8 Å². The SMILES string of the molecule is COc1ccc(S(=O)(=O)N2c3ccc(Cl)cc3[C@](O)(c3ccccc3Cl)[C@@H]2C(=O)N2CCC[C@H]2CC(N)=O)cc1OC. The van der Waals surface area contributed by atoms with Gasteiger partial charge in [-0.2, -0.15) is 0 Å². The van der Waals surface area contributed by atoms with E-state index in [1.165, 1.54) is 67.7 Å². The van der Waals surface area contributed by atoms with Crippen LogP contribution in [0.3, 0.4) is 0 Å². The number of hydrogen-bond acceptors (Lipinski definition) is 7. The maximum Gasteiger partial charge on any atom is 0.265 e. The molecule has 0 bridgehead atoms. The number of sulfonamides is 1. The molecule has 10 nitrogen and oxygen atoms in total. The number of ether oxygens (including phenoxy) is 2.